The van der Waals surface area contributed by atoms with Crippen molar-refractivity contribution in [2.45, 2.75) is 38.9 Å². The third-order valence-electron chi connectivity index (χ3n) is 7.07. The fourth-order valence-corrected chi connectivity index (χ4v) is 5.02. The number of pyridine rings is 1. The molecule has 3 heterocycles. The summed E-state index contributed by atoms with van der Waals surface area (Å²) in [5.41, 5.74) is -2.36. The predicted molar refractivity (Wildman–Crippen MR) is 110 cm³/mol. The van der Waals surface area contributed by atoms with E-state index in [1.807, 2.05) is 18.9 Å². The number of nitrogens with one attached hydrogen (secondary N) is 1. The first-order chi connectivity index (χ1) is 15.6. The number of nitrogens with zero attached hydrogens (tertiary/aromatic N) is 3. The second kappa shape index (κ2) is 7.26. The van der Waals surface area contributed by atoms with Crippen LogP contribution in [0.1, 0.15) is 46.7 Å². The van der Waals surface area contributed by atoms with E-state index in [2.05, 4.69) is 5.32 Å². The maximum absolute atomic E-state index is 13.9. The molecular weight excluding hydrogens is 441 g/mol. The van der Waals surface area contributed by atoms with Crippen molar-refractivity contribution in [2.24, 2.45) is 11.8 Å². The Labute approximate surface area is 186 Å². The van der Waals surface area contributed by atoms with E-state index in [9.17, 15) is 32.7 Å². The molecule has 0 radical (unpaired) electrons. The Morgan fingerprint density at radius 2 is 1.76 bits per heavy atom. The molecule has 2 bridgehead atoms. The summed E-state index contributed by atoms with van der Waals surface area (Å²) >= 11 is 0. The predicted octanol–water partition coefficient (Wildman–Crippen LogP) is 1.68. The summed E-state index contributed by atoms with van der Waals surface area (Å²) in [4.78, 5) is 40.2. The SMILES string of the molecule is CC1[C@@H]2C[C@@H]2[C@@H](C)N2CN1C(=O)c1c(O)c(=O)c(C(=O)NCc3c(F)cc(F)cc3F)cn12. The van der Waals surface area contributed by atoms with Crippen LogP contribution in [0.25, 0.3) is 0 Å². The van der Waals surface area contributed by atoms with Crippen molar-refractivity contribution in [1.82, 2.24) is 14.9 Å². The van der Waals surface area contributed by atoms with E-state index >= 15 is 0 Å². The number of fused-ring (bicyclic) bond motifs is 5. The zero-order chi connectivity index (χ0) is 23.8. The maximum Gasteiger partial charge on any atom is 0.278 e. The Balaban J connectivity index is 1.51. The molecule has 1 aliphatic carbocycles. The summed E-state index contributed by atoms with van der Waals surface area (Å²) < 4.78 is 42.2. The van der Waals surface area contributed by atoms with Crippen molar-refractivity contribution in [2.75, 3.05) is 11.7 Å². The van der Waals surface area contributed by atoms with Gasteiger partial charge >= 0.3 is 0 Å². The first kappa shape index (κ1) is 21.4. The van der Waals surface area contributed by atoms with Crippen molar-refractivity contribution in [3.63, 3.8) is 0 Å². The van der Waals surface area contributed by atoms with Crippen LogP contribution in [0.15, 0.2) is 23.1 Å². The van der Waals surface area contributed by atoms with E-state index in [-0.39, 0.29) is 24.4 Å². The Hall–Kier alpha value is -3.50. The van der Waals surface area contributed by atoms with Gasteiger partial charge in [0.2, 0.25) is 5.43 Å². The average Bonchev–Trinajstić information content (AvgIpc) is 3.55. The van der Waals surface area contributed by atoms with Crippen LogP contribution in [0.2, 0.25) is 0 Å². The van der Waals surface area contributed by atoms with Gasteiger partial charge in [0.15, 0.2) is 11.4 Å². The van der Waals surface area contributed by atoms with Gasteiger partial charge in [0.1, 0.15) is 29.7 Å². The molecule has 2 fully saturated rings. The lowest BCUT2D eigenvalue weighted by Gasteiger charge is -2.43. The molecule has 8 nitrogen and oxygen atoms in total. The Morgan fingerprint density at radius 1 is 1.12 bits per heavy atom. The molecule has 4 atom stereocenters. The molecule has 174 valence electrons. The number of hydrogen-bond acceptors (Lipinski definition) is 5. The first-order valence-electron chi connectivity index (χ1n) is 10.6. The molecule has 1 saturated heterocycles. The minimum atomic E-state index is -1.19. The Morgan fingerprint density at radius 3 is 2.42 bits per heavy atom. The van der Waals surface area contributed by atoms with Gasteiger partial charge in [-0.3, -0.25) is 24.1 Å². The number of hydrogen-bond donors (Lipinski definition) is 2. The second-order valence-corrected chi connectivity index (χ2v) is 8.84. The van der Waals surface area contributed by atoms with Gasteiger partial charge in [-0.2, -0.15) is 0 Å². The van der Waals surface area contributed by atoms with Gasteiger partial charge in [0.05, 0.1) is 0 Å². The van der Waals surface area contributed by atoms with E-state index in [4.69, 9.17) is 0 Å². The zero-order valence-corrected chi connectivity index (χ0v) is 17.8. The second-order valence-electron chi connectivity index (χ2n) is 8.84. The van der Waals surface area contributed by atoms with Gasteiger partial charge < -0.3 is 15.3 Å². The van der Waals surface area contributed by atoms with Crippen molar-refractivity contribution in [1.29, 1.82) is 0 Å². The number of carbonyl (C=O) groups excluding carboxylic acids is 2. The van der Waals surface area contributed by atoms with Crippen LogP contribution < -0.4 is 15.8 Å². The molecule has 2 N–H and O–H groups in total. The summed E-state index contributed by atoms with van der Waals surface area (Å²) in [7, 11) is 0. The summed E-state index contributed by atoms with van der Waals surface area (Å²) in [6.07, 6.45) is 2.12. The fourth-order valence-electron chi connectivity index (χ4n) is 5.02. The molecule has 33 heavy (non-hydrogen) atoms. The Bertz CT molecular complexity index is 1240. The lowest BCUT2D eigenvalue weighted by atomic mass is 10.1. The van der Waals surface area contributed by atoms with E-state index in [0.717, 1.165) is 6.42 Å². The van der Waals surface area contributed by atoms with Crippen LogP contribution in [0, 0.1) is 29.3 Å². The van der Waals surface area contributed by atoms with Gasteiger partial charge in [-0.05, 0) is 32.1 Å². The summed E-state index contributed by atoms with van der Waals surface area (Å²) in [5.74, 6) is -5.19. The van der Waals surface area contributed by atoms with Crippen LogP contribution in [-0.2, 0) is 6.54 Å². The molecule has 1 unspecified atom stereocenters. The van der Waals surface area contributed by atoms with Crippen LogP contribution in [0.5, 0.6) is 5.75 Å². The normalized spacial score (nSPS) is 25.3. The molecule has 2 amide bonds. The highest BCUT2D eigenvalue weighted by Gasteiger charge is 2.54. The molecular formula is C22H21F3N4O4. The van der Waals surface area contributed by atoms with Crippen molar-refractivity contribution in [3.8, 4) is 5.75 Å². The number of aromatic nitrogens is 1. The van der Waals surface area contributed by atoms with Crippen molar-refractivity contribution >= 4 is 11.8 Å². The van der Waals surface area contributed by atoms with Gasteiger partial charge in [0, 0.05) is 42.5 Å². The summed E-state index contributed by atoms with van der Waals surface area (Å²) in [6.45, 7) is 3.51. The molecule has 11 heteroatoms. The monoisotopic (exact) mass is 462 g/mol. The third-order valence-corrected chi connectivity index (χ3v) is 7.07. The Kier molecular flexibility index (Phi) is 4.69. The quantitative estimate of drug-likeness (QED) is 0.724. The molecule has 3 aliphatic rings. The first-order valence-corrected chi connectivity index (χ1v) is 10.6. The largest absolute Gasteiger partial charge is 0.502 e. The van der Waals surface area contributed by atoms with E-state index in [1.165, 1.54) is 10.9 Å². The van der Waals surface area contributed by atoms with Gasteiger partial charge in [-0.15, -0.1) is 0 Å². The molecule has 1 saturated carbocycles. The highest BCUT2D eigenvalue weighted by atomic mass is 19.1. The molecule has 1 aromatic carbocycles. The standard InChI is InChI=1S/C22H21F3N4O4/c1-9-12-5-13(12)10(2)29-8-27(9)22(33)18-20(31)19(30)15(7-28(18)29)21(32)26-6-14-16(24)3-11(23)4-17(14)25/h3-4,7,9-10,12-13,31H,5-6,8H2,1-2H3,(H,26,32)/t9?,10-,12+,13-/m1/s1. The number of rotatable bonds is 3. The number of benzene rings is 1. The van der Waals surface area contributed by atoms with Crippen molar-refractivity contribution < 1.29 is 27.9 Å². The minimum absolute atomic E-state index is 0.0190. The van der Waals surface area contributed by atoms with Gasteiger partial charge in [-0.1, -0.05) is 0 Å². The lowest BCUT2D eigenvalue weighted by molar-refractivity contribution is 0.0605. The number of carbonyl (C=O) groups is 2. The number of amides is 2. The number of aromatic hydroxyl groups is 1. The van der Waals surface area contributed by atoms with E-state index < -0.39 is 58.1 Å². The summed E-state index contributed by atoms with van der Waals surface area (Å²) in [5, 5.41) is 14.6. The molecule has 1 aromatic heterocycles. The highest BCUT2D eigenvalue weighted by Crippen LogP contribution is 2.49. The third kappa shape index (κ3) is 3.17. The molecule has 2 aromatic rings. The smallest absolute Gasteiger partial charge is 0.278 e. The highest BCUT2D eigenvalue weighted by molar-refractivity contribution is 5.99. The zero-order valence-electron chi connectivity index (χ0n) is 17.8. The van der Waals surface area contributed by atoms with E-state index in [1.54, 1.807) is 4.90 Å². The van der Waals surface area contributed by atoms with Crippen LogP contribution >= 0.6 is 0 Å². The number of halogens is 3. The fraction of sp³-hybridized carbons (Fsp3) is 0.409. The molecule has 2 aliphatic heterocycles. The molecule has 0 spiro atoms. The van der Waals surface area contributed by atoms with Crippen LogP contribution in [0.4, 0.5) is 13.2 Å². The van der Waals surface area contributed by atoms with Crippen LogP contribution in [0.3, 0.4) is 0 Å². The van der Waals surface area contributed by atoms with E-state index in [0.29, 0.717) is 24.0 Å². The summed E-state index contributed by atoms with van der Waals surface area (Å²) in [6, 6.07) is 0.888. The van der Waals surface area contributed by atoms with Crippen LogP contribution in [-0.4, -0.2) is 45.2 Å². The van der Waals surface area contributed by atoms with Crippen molar-refractivity contribution in [3.05, 3.63) is 62.8 Å². The lowest BCUT2D eigenvalue weighted by Crippen LogP contribution is -2.58. The van der Waals surface area contributed by atoms with Gasteiger partial charge in [-0.25, -0.2) is 13.2 Å². The average molecular weight is 462 g/mol. The minimum Gasteiger partial charge on any atom is -0.502 e. The molecule has 5 rings (SSSR count). The maximum atomic E-state index is 13.9. The van der Waals surface area contributed by atoms with Gasteiger partial charge in [0.25, 0.3) is 11.8 Å². The topological polar surface area (TPSA) is 94.9 Å².